The molecule has 1 N–H and O–H groups in total. The molecule has 0 bridgehead atoms. The Labute approximate surface area is 220 Å². The number of pyridine rings is 1. The van der Waals surface area contributed by atoms with Gasteiger partial charge in [-0.15, -0.1) is 0 Å². The van der Waals surface area contributed by atoms with Crippen LogP contribution in [0.3, 0.4) is 0 Å². The fourth-order valence-corrected chi connectivity index (χ4v) is 3.64. The Morgan fingerprint density at radius 2 is 1.57 bits per heavy atom. The van der Waals surface area contributed by atoms with Crippen molar-refractivity contribution in [3.63, 3.8) is 0 Å². The summed E-state index contributed by atoms with van der Waals surface area (Å²) in [5, 5.41) is 9.08. The number of methoxy groups -OCH3 is 1. The molecular weight excluding hydrogens is 470 g/mol. The second kappa shape index (κ2) is 16.5. The minimum Gasteiger partial charge on any atom is -0.462 e. The van der Waals surface area contributed by atoms with Gasteiger partial charge in [0.2, 0.25) is 0 Å². The van der Waals surface area contributed by atoms with Crippen molar-refractivity contribution >= 4 is 11.9 Å². The maximum Gasteiger partial charge on any atom is 0.335 e. The Balaban J connectivity index is 1.96. The number of aliphatic hydroxyl groups is 1. The number of carbonyl (C=O) groups is 2. The molecule has 1 unspecified atom stereocenters. The number of hydrogen-bond donors (Lipinski definition) is 1. The van der Waals surface area contributed by atoms with Crippen LogP contribution in [0.5, 0.6) is 0 Å². The molecule has 0 fully saturated rings. The highest BCUT2D eigenvalue weighted by Gasteiger charge is 2.18. The summed E-state index contributed by atoms with van der Waals surface area (Å²) in [5.41, 5.74) is 4.53. The number of benzene rings is 1. The first-order valence-corrected chi connectivity index (χ1v) is 12.7. The van der Waals surface area contributed by atoms with Crippen LogP contribution in [-0.2, 0) is 36.6 Å². The van der Waals surface area contributed by atoms with Gasteiger partial charge < -0.3 is 19.3 Å². The average Bonchev–Trinajstić information content (AvgIpc) is 2.92. The van der Waals surface area contributed by atoms with E-state index in [1.165, 1.54) is 31.9 Å². The van der Waals surface area contributed by atoms with Gasteiger partial charge in [0.15, 0.2) is 0 Å². The molecule has 1 atom stereocenters. The molecule has 0 saturated heterocycles. The molecule has 2 aromatic rings. The molecule has 1 heterocycles. The zero-order chi connectivity index (χ0) is 27.0. The maximum absolute atomic E-state index is 12.1. The van der Waals surface area contributed by atoms with Crippen LogP contribution in [0.15, 0.2) is 66.9 Å². The fourth-order valence-electron chi connectivity index (χ4n) is 3.64. The van der Waals surface area contributed by atoms with Crippen molar-refractivity contribution in [3.8, 4) is 11.3 Å². The number of unbranched alkanes of at least 4 members (excludes halogenated alkanes) is 2. The first kappa shape index (κ1) is 29.9. The van der Waals surface area contributed by atoms with E-state index in [1.54, 1.807) is 0 Å². The Morgan fingerprint density at radius 3 is 2.14 bits per heavy atom. The summed E-state index contributed by atoms with van der Waals surface area (Å²) in [6, 6.07) is 12.4. The van der Waals surface area contributed by atoms with Gasteiger partial charge in [-0.3, -0.25) is 4.98 Å². The molecule has 37 heavy (non-hydrogen) atoms. The predicted molar refractivity (Wildman–Crippen MR) is 144 cm³/mol. The topological polar surface area (TPSA) is 95.0 Å². The maximum atomic E-state index is 12.1. The zero-order valence-electron chi connectivity index (χ0n) is 22.0. The van der Waals surface area contributed by atoms with E-state index in [2.05, 4.69) is 49.3 Å². The summed E-state index contributed by atoms with van der Waals surface area (Å²) in [5.74, 6) is -1.46. The molecule has 200 valence electrons. The lowest BCUT2D eigenvalue weighted by atomic mass is 9.99. The van der Waals surface area contributed by atoms with Crippen LogP contribution in [0.4, 0.5) is 0 Å². The van der Waals surface area contributed by atoms with Crippen LogP contribution in [0.2, 0.25) is 0 Å². The van der Waals surface area contributed by atoms with E-state index in [0.717, 1.165) is 23.2 Å². The highest BCUT2D eigenvalue weighted by molar-refractivity contribution is 5.88. The minimum absolute atomic E-state index is 0.0255. The van der Waals surface area contributed by atoms with Crippen molar-refractivity contribution in [3.05, 3.63) is 78.0 Å². The average molecular weight is 510 g/mol. The van der Waals surface area contributed by atoms with Gasteiger partial charge in [-0.05, 0) is 42.9 Å². The number of ether oxygens (including phenoxy) is 3. The van der Waals surface area contributed by atoms with Crippen molar-refractivity contribution in [1.82, 2.24) is 4.98 Å². The van der Waals surface area contributed by atoms with Gasteiger partial charge in [0.25, 0.3) is 0 Å². The van der Waals surface area contributed by atoms with Gasteiger partial charge in [0.1, 0.15) is 0 Å². The lowest BCUT2D eigenvalue weighted by molar-refractivity contribution is -0.144. The van der Waals surface area contributed by atoms with Crippen LogP contribution in [0.1, 0.15) is 43.7 Å². The molecule has 0 radical (unpaired) electrons. The minimum atomic E-state index is -0.671. The molecule has 0 amide bonds. The molecule has 7 heteroatoms. The lowest BCUT2D eigenvalue weighted by Crippen LogP contribution is -2.23. The standard InChI is InChI=1S/C30H39NO6/c1-5-6-7-8-25-13-16-28(31-17-25)27-14-11-24(12-15-27)9-10-26(20-36-29(33)22(2)18-32)21-37-30(34)23(3)19-35-4/h11-17,26,32H,2-3,5-10,18-21H2,1,4H3. The van der Waals surface area contributed by atoms with E-state index >= 15 is 0 Å². The van der Waals surface area contributed by atoms with E-state index in [4.69, 9.17) is 19.3 Å². The summed E-state index contributed by atoms with van der Waals surface area (Å²) in [6.45, 7) is 9.03. The normalized spacial score (nSPS) is 11.5. The van der Waals surface area contributed by atoms with Gasteiger partial charge in [0.05, 0.1) is 43.3 Å². The van der Waals surface area contributed by atoms with Gasteiger partial charge in [-0.1, -0.05) is 63.3 Å². The van der Waals surface area contributed by atoms with Crippen LogP contribution in [0, 0.1) is 5.92 Å². The number of aliphatic hydroxyl groups excluding tert-OH is 1. The Kier molecular flexibility index (Phi) is 13.3. The molecule has 0 aliphatic rings. The van der Waals surface area contributed by atoms with E-state index in [1.807, 2.05) is 18.3 Å². The monoisotopic (exact) mass is 509 g/mol. The third kappa shape index (κ3) is 10.7. The van der Waals surface area contributed by atoms with Crippen LogP contribution < -0.4 is 0 Å². The third-order valence-corrected chi connectivity index (χ3v) is 5.97. The quantitative estimate of drug-likeness (QED) is 0.185. The number of aryl methyl sites for hydroxylation is 2. The van der Waals surface area contributed by atoms with Crippen molar-refractivity contribution in [1.29, 1.82) is 0 Å². The first-order valence-electron chi connectivity index (χ1n) is 12.7. The molecular formula is C30H39NO6. The fraction of sp³-hybridized carbons (Fsp3) is 0.433. The van der Waals surface area contributed by atoms with Crippen LogP contribution >= 0.6 is 0 Å². The van der Waals surface area contributed by atoms with Gasteiger partial charge in [0, 0.05) is 24.8 Å². The highest BCUT2D eigenvalue weighted by Crippen LogP contribution is 2.20. The lowest BCUT2D eigenvalue weighted by Gasteiger charge is -2.18. The van der Waals surface area contributed by atoms with Crippen LogP contribution in [-0.4, -0.2) is 55.6 Å². The summed E-state index contributed by atoms with van der Waals surface area (Å²) in [6.07, 6.45) is 7.95. The summed E-state index contributed by atoms with van der Waals surface area (Å²) < 4.78 is 15.5. The molecule has 0 aliphatic carbocycles. The largest absolute Gasteiger partial charge is 0.462 e. The molecule has 2 rings (SSSR count). The summed E-state index contributed by atoms with van der Waals surface area (Å²) in [4.78, 5) is 28.6. The van der Waals surface area contributed by atoms with E-state index in [9.17, 15) is 9.59 Å². The summed E-state index contributed by atoms with van der Waals surface area (Å²) >= 11 is 0. The van der Waals surface area contributed by atoms with E-state index in [0.29, 0.717) is 12.8 Å². The molecule has 1 aromatic carbocycles. The Hall–Kier alpha value is -3.29. The smallest absolute Gasteiger partial charge is 0.335 e. The third-order valence-electron chi connectivity index (χ3n) is 5.97. The Morgan fingerprint density at radius 1 is 0.919 bits per heavy atom. The van der Waals surface area contributed by atoms with Crippen molar-refractivity contribution in [2.45, 2.75) is 45.4 Å². The molecule has 0 aliphatic heterocycles. The number of esters is 2. The molecule has 0 saturated carbocycles. The SMILES string of the molecule is C=C(CO)C(=O)OCC(CCc1ccc(-c2ccc(CCCCC)cn2)cc1)COC(=O)C(=C)COC. The van der Waals surface area contributed by atoms with E-state index in [-0.39, 0.29) is 36.9 Å². The number of aromatic nitrogens is 1. The first-order chi connectivity index (χ1) is 17.9. The zero-order valence-corrected chi connectivity index (χ0v) is 22.0. The van der Waals surface area contributed by atoms with Crippen molar-refractivity contribution < 1.29 is 28.9 Å². The van der Waals surface area contributed by atoms with Gasteiger partial charge in [-0.25, -0.2) is 9.59 Å². The Bertz CT molecular complexity index is 1010. The van der Waals surface area contributed by atoms with Crippen LogP contribution in [0.25, 0.3) is 11.3 Å². The number of rotatable bonds is 17. The number of carbonyl (C=O) groups excluding carboxylic acids is 2. The van der Waals surface area contributed by atoms with Gasteiger partial charge in [-0.2, -0.15) is 0 Å². The predicted octanol–water partition coefficient (Wildman–Crippen LogP) is 4.87. The van der Waals surface area contributed by atoms with Crippen molar-refractivity contribution in [2.24, 2.45) is 5.92 Å². The van der Waals surface area contributed by atoms with E-state index < -0.39 is 18.5 Å². The second-order valence-electron chi connectivity index (χ2n) is 9.11. The van der Waals surface area contributed by atoms with Crippen molar-refractivity contribution in [2.75, 3.05) is 33.5 Å². The summed E-state index contributed by atoms with van der Waals surface area (Å²) in [7, 11) is 1.47. The second-order valence-corrected chi connectivity index (χ2v) is 9.11. The highest BCUT2D eigenvalue weighted by atomic mass is 16.5. The molecule has 0 spiro atoms. The molecule has 1 aromatic heterocycles. The number of hydrogen-bond acceptors (Lipinski definition) is 7. The number of nitrogens with zero attached hydrogens (tertiary/aromatic N) is 1. The molecule has 7 nitrogen and oxygen atoms in total. The van der Waals surface area contributed by atoms with Gasteiger partial charge >= 0.3 is 11.9 Å².